The van der Waals surface area contributed by atoms with Crippen molar-refractivity contribution in [3.05, 3.63) is 81.7 Å². The molecule has 0 unspecified atom stereocenters. The van der Waals surface area contributed by atoms with Crippen LogP contribution in [0.1, 0.15) is 34.6 Å². The van der Waals surface area contributed by atoms with Crippen molar-refractivity contribution >= 4 is 28.6 Å². The van der Waals surface area contributed by atoms with Gasteiger partial charge in [0.15, 0.2) is 5.49 Å². The van der Waals surface area contributed by atoms with Gasteiger partial charge in [-0.25, -0.2) is 9.78 Å². The Bertz CT molecular complexity index is 1570. The fourth-order valence-corrected chi connectivity index (χ4v) is 3.83. The van der Waals surface area contributed by atoms with Crippen molar-refractivity contribution in [2.75, 3.05) is 26.9 Å². The molecule has 4 aromatic rings. The standard InChI is InChI=1S/C26H26N4O6/c1-4-35-20-11-7-6-10-17(20)24(31)28-23-19(26(33)36-5-2)16-18-22(30(23)14-15-34-3)27-21-12-8-9-13-29(21)25(18)32/h6-13,16H,4-5,14-15H2,1-3H3. The molecule has 0 radical (unpaired) electrons. The fraction of sp³-hybridized carbons (Fsp3) is 0.269. The molecule has 0 fully saturated rings. The highest BCUT2D eigenvalue weighted by molar-refractivity contribution is 5.99. The minimum atomic E-state index is -0.715. The lowest BCUT2D eigenvalue weighted by Crippen LogP contribution is -2.33. The van der Waals surface area contributed by atoms with Gasteiger partial charge in [-0.2, -0.15) is 4.99 Å². The van der Waals surface area contributed by atoms with Crippen LogP contribution in [0.4, 0.5) is 0 Å². The van der Waals surface area contributed by atoms with E-state index in [1.54, 1.807) is 60.2 Å². The van der Waals surface area contributed by atoms with E-state index in [0.717, 1.165) is 0 Å². The molecule has 0 spiro atoms. The van der Waals surface area contributed by atoms with Crippen molar-refractivity contribution in [1.29, 1.82) is 0 Å². The van der Waals surface area contributed by atoms with Crippen molar-refractivity contribution in [3.63, 3.8) is 0 Å². The Morgan fingerprint density at radius 1 is 1.03 bits per heavy atom. The van der Waals surface area contributed by atoms with Crippen LogP contribution in [0.5, 0.6) is 5.75 Å². The first-order valence-electron chi connectivity index (χ1n) is 11.5. The molecule has 3 aromatic heterocycles. The Morgan fingerprint density at radius 3 is 2.56 bits per heavy atom. The van der Waals surface area contributed by atoms with Crippen LogP contribution in [-0.2, 0) is 16.0 Å². The molecule has 0 saturated carbocycles. The molecule has 0 aliphatic rings. The summed E-state index contributed by atoms with van der Waals surface area (Å²) in [6.45, 7) is 4.34. The molecule has 0 atom stereocenters. The van der Waals surface area contributed by atoms with Gasteiger partial charge in [-0.1, -0.05) is 18.2 Å². The van der Waals surface area contributed by atoms with Crippen LogP contribution in [0.3, 0.4) is 0 Å². The van der Waals surface area contributed by atoms with E-state index in [1.807, 2.05) is 6.92 Å². The number of para-hydroxylation sites is 1. The van der Waals surface area contributed by atoms with Crippen molar-refractivity contribution in [2.45, 2.75) is 20.4 Å². The molecule has 0 N–H and O–H groups in total. The number of nitrogens with zero attached hydrogens (tertiary/aromatic N) is 4. The highest BCUT2D eigenvalue weighted by Gasteiger charge is 2.21. The molecule has 0 aliphatic heterocycles. The second-order valence-corrected chi connectivity index (χ2v) is 7.68. The highest BCUT2D eigenvalue weighted by Crippen LogP contribution is 2.19. The second-order valence-electron chi connectivity index (χ2n) is 7.68. The third kappa shape index (κ3) is 4.76. The van der Waals surface area contributed by atoms with Gasteiger partial charge in [-0.05, 0) is 44.2 Å². The van der Waals surface area contributed by atoms with Gasteiger partial charge < -0.3 is 18.8 Å². The number of methoxy groups -OCH3 is 1. The van der Waals surface area contributed by atoms with Crippen LogP contribution in [0, 0.1) is 0 Å². The van der Waals surface area contributed by atoms with Crippen LogP contribution in [-0.4, -0.2) is 52.8 Å². The van der Waals surface area contributed by atoms with Gasteiger partial charge in [0.1, 0.15) is 22.6 Å². The Labute approximate surface area is 206 Å². The number of pyridine rings is 2. The van der Waals surface area contributed by atoms with E-state index in [2.05, 4.69) is 9.98 Å². The van der Waals surface area contributed by atoms with Crippen molar-refractivity contribution < 1.29 is 23.8 Å². The summed E-state index contributed by atoms with van der Waals surface area (Å²) in [6, 6.07) is 13.3. The predicted octanol–water partition coefficient (Wildman–Crippen LogP) is 2.61. The molecule has 1 aromatic carbocycles. The summed E-state index contributed by atoms with van der Waals surface area (Å²) < 4.78 is 19.0. The SMILES string of the molecule is CCOC(=O)c1cc2c(=O)n3ccccc3nc2n(CCOC)c1=NC(=O)c1ccccc1OCC. The lowest BCUT2D eigenvalue weighted by atomic mass is 10.1. The average molecular weight is 491 g/mol. The Kier molecular flexibility index (Phi) is 7.55. The number of ether oxygens (including phenoxy) is 3. The van der Waals surface area contributed by atoms with E-state index in [9.17, 15) is 14.4 Å². The number of amides is 1. The van der Waals surface area contributed by atoms with E-state index < -0.39 is 11.9 Å². The van der Waals surface area contributed by atoms with Gasteiger partial charge in [0.05, 0.1) is 30.8 Å². The number of hydrogen-bond acceptors (Lipinski definition) is 7. The van der Waals surface area contributed by atoms with Crippen molar-refractivity contribution in [1.82, 2.24) is 14.0 Å². The molecule has 10 heteroatoms. The molecule has 186 valence electrons. The summed E-state index contributed by atoms with van der Waals surface area (Å²) in [4.78, 5) is 48.7. The number of aromatic nitrogens is 3. The lowest BCUT2D eigenvalue weighted by Gasteiger charge is -2.15. The first-order valence-corrected chi connectivity index (χ1v) is 11.5. The minimum absolute atomic E-state index is 0.0153. The third-order valence-electron chi connectivity index (χ3n) is 5.43. The average Bonchev–Trinajstić information content (AvgIpc) is 2.88. The van der Waals surface area contributed by atoms with Gasteiger partial charge in [-0.3, -0.25) is 14.0 Å². The predicted molar refractivity (Wildman–Crippen MR) is 132 cm³/mol. The van der Waals surface area contributed by atoms with E-state index >= 15 is 0 Å². The number of rotatable bonds is 8. The number of esters is 1. The van der Waals surface area contributed by atoms with Crippen molar-refractivity contribution in [3.8, 4) is 5.75 Å². The van der Waals surface area contributed by atoms with E-state index in [1.165, 1.54) is 17.6 Å². The number of carbonyl (C=O) groups is 2. The van der Waals surface area contributed by atoms with Crippen LogP contribution < -0.4 is 15.8 Å². The Balaban J connectivity index is 2.09. The summed E-state index contributed by atoms with van der Waals surface area (Å²) >= 11 is 0. The van der Waals surface area contributed by atoms with E-state index in [0.29, 0.717) is 18.0 Å². The third-order valence-corrected chi connectivity index (χ3v) is 5.43. The smallest absolute Gasteiger partial charge is 0.341 e. The molecule has 0 saturated heterocycles. The Morgan fingerprint density at radius 2 is 1.81 bits per heavy atom. The zero-order valence-electron chi connectivity index (χ0n) is 20.3. The van der Waals surface area contributed by atoms with Gasteiger partial charge in [-0.15, -0.1) is 0 Å². The number of hydrogen-bond donors (Lipinski definition) is 0. The topological polar surface area (TPSA) is 113 Å². The summed E-state index contributed by atoms with van der Waals surface area (Å²) in [5.41, 5.74) is 0.523. The van der Waals surface area contributed by atoms with E-state index in [-0.39, 0.29) is 53.0 Å². The molecule has 0 aliphatic carbocycles. The van der Waals surface area contributed by atoms with Crippen LogP contribution in [0.15, 0.2) is 64.5 Å². The van der Waals surface area contributed by atoms with Crippen LogP contribution in [0.25, 0.3) is 16.7 Å². The molecule has 3 heterocycles. The molecule has 10 nitrogen and oxygen atoms in total. The minimum Gasteiger partial charge on any atom is -0.493 e. The van der Waals surface area contributed by atoms with Crippen LogP contribution >= 0.6 is 0 Å². The molecular formula is C26H26N4O6. The maximum atomic E-state index is 13.4. The lowest BCUT2D eigenvalue weighted by molar-refractivity contribution is 0.0523. The Hall–Kier alpha value is -4.31. The molecule has 4 rings (SSSR count). The number of carbonyl (C=O) groups excluding carboxylic acids is 2. The van der Waals surface area contributed by atoms with Crippen molar-refractivity contribution in [2.24, 2.45) is 4.99 Å². The fourth-order valence-electron chi connectivity index (χ4n) is 3.83. The largest absolute Gasteiger partial charge is 0.493 e. The first-order chi connectivity index (χ1) is 17.5. The maximum Gasteiger partial charge on any atom is 0.341 e. The summed E-state index contributed by atoms with van der Waals surface area (Å²) in [6.07, 6.45) is 1.60. The number of fused-ring (bicyclic) bond motifs is 2. The normalized spacial score (nSPS) is 11.7. The van der Waals surface area contributed by atoms with Gasteiger partial charge in [0, 0.05) is 19.9 Å². The van der Waals surface area contributed by atoms with Gasteiger partial charge in [0.2, 0.25) is 0 Å². The first kappa shape index (κ1) is 24.8. The molecular weight excluding hydrogens is 464 g/mol. The van der Waals surface area contributed by atoms with Gasteiger partial charge in [0.25, 0.3) is 11.5 Å². The molecule has 1 amide bonds. The second kappa shape index (κ2) is 11.0. The summed E-state index contributed by atoms with van der Waals surface area (Å²) in [5.74, 6) is -0.960. The van der Waals surface area contributed by atoms with Crippen LogP contribution in [0.2, 0.25) is 0 Å². The van der Waals surface area contributed by atoms with E-state index in [4.69, 9.17) is 14.2 Å². The monoisotopic (exact) mass is 490 g/mol. The zero-order valence-corrected chi connectivity index (χ0v) is 20.3. The zero-order chi connectivity index (χ0) is 25.7. The quantitative estimate of drug-likeness (QED) is 0.276. The maximum absolute atomic E-state index is 13.4. The summed E-state index contributed by atoms with van der Waals surface area (Å²) in [7, 11) is 1.52. The highest BCUT2D eigenvalue weighted by atomic mass is 16.5. The number of benzene rings is 1. The van der Waals surface area contributed by atoms with Gasteiger partial charge >= 0.3 is 5.97 Å². The summed E-state index contributed by atoms with van der Waals surface area (Å²) in [5, 5.41) is 0.180. The molecule has 36 heavy (non-hydrogen) atoms. The molecule has 0 bridgehead atoms.